The number of hydrogen-bond donors (Lipinski definition) is 0. The number of carbonyl (C=O) groups excluding carboxylic acids is 1. The molecule has 3 rings (SSSR count). The third kappa shape index (κ3) is 4.45. The molecule has 2 aliphatic heterocycles. The number of likely N-dealkylation sites (N-methyl/N-ethyl adjacent to an activating group) is 1. The van der Waals surface area contributed by atoms with Crippen molar-refractivity contribution in [2.45, 2.75) is 31.5 Å². The first kappa shape index (κ1) is 20.6. The first-order valence-corrected chi connectivity index (χ1v) is 8.59. The summed E-state index contributed by atoms with van der Waals surface area (Å²) in [6, 6.07) is 5.40. The fourth-order valence-corrected chi connectivity index (χ4v) is 3.27. The highest BCUT2D eigenvalue weighted by molar-refractivity contribution is 5.69. The summed E-state index contributed by atoms with van der Waals surface area (Å²) in [5, 5.41) is 0. The minimum Gasteiger partial charge on any atom is -0.426 e. The number of amides is 1. The first-order valence-electron chi connectivity index (χ1n) is 8.59. The highest BCUT2D eigenvalue weighted by atomic mass is 19.4. The second-order valence-electron chi connectivity index (χ2n) is 6.95. The molecule has 156 valence electrons. The second-order valence-corrected chi connectivity index (χ2v) is 6.95. The summed E-state index contributed by atoms with van der Waals surface area (Å²) >= 11 is 0. The van der Waals surface area contributed by atoms with Gasteiger partial charge in [0.15, 0.2) is 0 Å². The van der Waals surface area contributed by atoms with Crippen molar-refractivity contribution in [1.29, 1.82) is 0 Å². The van der Waals surface area contributed by atoms with Gasteiger partial charge in [-0.2, -0.15) is 26.3 Å². The monoisotopic (exact) mass is 411 g/mol. The summed E-state index contributed by atoms with van der Waals surface area (Å²) in [4.78, 5) is 17.1. The maximum absolute atomic E-state index is 12.6. The van der Waals surface area contributed by atoms with Gasteiger partial charge in [-0.25, -0.2) is 4.79 Å². The molecule has 2 aliphatic rings. The third-order valence-electron chi connectivity index (χ3n) is 4.85. The minimum absolute atomic E-state index is 0.0976. The summed E-state index contributed by atoms with van der Waals surface area (Å²) in [6.07, 6.45) is -17.2. The van der Waals surface area contributed by atoms with Crippen molar-refractivity contribution in [3.05, 3.63) is 29.3 Å². The molecular weight excluding hydrogens is 392 g/mol. The highest BCUT2D eigenvalue weighted by Gasteiger charge is 2.60. The van der Waals surface area contributed by atoms with Gasteiger partial charge >= 0.3 is 18.4 Å². The van der Waals surface area contributed by atoms with E-state index in [-0.39, 0.29) is 13.1 Å². The number of rotatable bonds is 2. The first-order chi connectivity index (χ1) is 12.9. The number of halogens is 6. The van der Waals surface area contributed by atoms with E-state index in [1.54, 1.807) is 6.07 Å². The molecule has 0 bridgehead atoms. The normalized spacial score (nSPS) is 18.6. The maximum atomic E-state index is 12.6. The van der Waals surface area contributed by atoms with Gasteiger partial charge in [-0.15, -0.1) is 0 Å². The number of nitrogens with zero attached hydrogens (tertiary/aromatic N) is 3. The number of fused-ring (bicyclic) bond motifs is 1. The van der Waals surface area contributed by atoms with Crippen LogP contribution < -0.4 is 4.90 Å². The standard InChI is InChI=1S/C17H19F6N3O2/c1-24-4-6-25(7-5-24)13-3-2-11-9-26(10-12(11)8-13)15(27)28-14(16(18,19)20)17(21,22)23/h2-3,8,14H,4-7,9-10H2,1H3. The van der Waals surface area contributed by atoms with Crippen LogP contribution in [-0.4, -0.2) is 67.6 Å². The fourth-order valence-electron chi connectivity index (χ4n) is 3.27. The number of alkyl halides is 6. The lowest BCUT2D eigenvalue weighted by Gasteiger charge is -2.34. The van der Waals surface area contributed by atoms with E-state index in [0.717, 1.165) is 36.8 Å². The Balaban J connectivity index is 1.68. The quantitative estimate of drug-likeness (QED) is 0.700. The van der Waals surface area contributed by atoms with Crippen molar-refractivity contribution in [1.82, 2.24) is 9.80 Å². The Bertz CT molecular complexity index is 715. The van der Waals surface area contributed by atoms with E-state index in [1.165, 1.54) is 0 Å². The summed E-state index contributed by atoms with van der Waals surface area (Å²) in [5.74, 6) is 0. The molecule has 0 radical (unpaired) electrons. The van der Waals surface area contributed by atoms with E-state index >= 15 is 0 Å². The molecule has 0 aliphatic carbocycles. The fraction of sp³-hybridized carbons (Fsp3) is 0.588. The van der Waals surface area contributed by atoms with Crippen LogP contribution in [0, 0.1) is 0 Å². The van der Waals surface area contributed by atoms with Gasteiger partial charge in [0.2, 0.25) is 0 Å². The zero-order valence-corrected chi connectivity index (χ0v) is 15.0. The van der Waals surface area contributed by atoms with Gasteiger partial charge in [-0.3, -0.25) is 4.90 Å². The Hall–Kier alpha value is -2.17. The van der Waals surface area contributed by atoms with E-state index in [0.29, 0.717) is 11.1 Å². The molecule has 2 heterocycles. The van der Waals surface area contributed by atoms with Crippen LogP contribution in [0.4, 0.5) is 36.8 Å². The van der Waals surface area contributed by atoms with Crippen LogP contribution in [0.2, 0.25) is 0 Å². The topological polar surface area (TPSA) is 36.0 Å². The number of carbonyl (C=O) groups is 1. The smallest absolute Gasteiger partial charge is 0.426 e. The Labute approximate surface area is 157 Å². The molecule has 1 aromatic rings. The summed E-state index contributed by atoms with van der Waals surface area (Å²) in [6.45, 7) is 3.18. The number of anilines is 1. The van der Waals surface area contributed by atoms with Crippen LogP contribution in [-0.2, 0) is 17.8 Å². The molecule has 1 fully saturated rings. The molecule has 1 saturated heterocycles. The van der Waals surface area contributed by atoms with Crippen molar-refractivity contribution >= 4 is 11.8 Å². The molecule has 0 unspecified atom stereocenters. The zero-order chi connectivity index (χ0) is 20.7. The van der Waals surface area contributed by atoms with Crippen LogP contribution in [0.25, 0.3) is 0 Å². The lowest BCUT2D eigenvalue weighted by molar-refractivity contribution is -0.308. The number of piperazine rings is 1. The molecule has 0 spiro atoms. The lowest BCUT2D eigenvalue weighted by atomic mass is 10.1. The molecular formula is C17H19F6N3O2. The second kappa shape index (κ2) is 7.34. The van der Waals surface area contributed by atoms with Crippen molar-refractivity contribution < 1.29 is 35.9 Å². The summed E-state index contributed by atoms with van der Waals surface area (Å²) < 4.78 is 79.3. The van der Waals surface area contributed by atoms with E-state index in [9.17, 15) is 31.1 Å². The van der Waals surface area contributed by atoms with E-state index < -0.39 is 24.5 Å². The van der Waals surface area contributed by atoms with Gasteiger partial charge in [0, 0.05) is 45.0 Å². The summed E-state index contributed by atoms with van der Waals surface area (Å²) in [7, 11) is 2.01. The van der Waals surface area contributed by atoms with Crippen molar-refractivity contribution in [3.8, 4) is 0 Å². The van der Waals surface area contributed by atoms with Crippen LogP contribution in [0.1, 0.15) is 11.1 Å². The third-order valence-corrected chi connectivity index (χ3v) is 4.85. The van der Waals surface area contributed by atoms with Crippen LogP contribution >= 0.6 is 0 Å². The van der Waals surface area contributed by atoms with Gasteiger partial charge in [0.1, 0.15) is 0 Å². The minimum atomic E-state index is -5.73. The van der Waals surface area contributed by atoms with Crippen molar-refractivity contribution in [2.24, 2.45) is 0 Å². The Morgan fingerprint density at radius 1 is 0.964 bits per heavy atom. The molecule has 0 N–H and O–H groups in total. The van der Waals surface area contributed by atoms with Gasteiger partial charge in [-0.1, -0.05) is 6.07 Å². The van der Waals surface area contributed by atoms with Crippen LogP contribution in [0.15, 0.2) is 18.2 Å². The van der Waals surface area contributed by atoms with E-state index in [1.807, 2.05) is 19.2 Å². The van der Waals surface area contributed by atoms with Crippen LogP contribution in [0.3, 0.4) is 0 Å². The average molecular weight is 411 g/mol. The number of benzene rings is 1. The maximum Gasteiger partial charge on any atom is 0.434 e. The molecule has 0 aromatic heterocycles. The molecule has 0 saturated carbocycles. The van der Waals surface area contributed by atoms with E-state index in [2.05, 4.69) is 14.5 Å². The van der Waals surface area contributed by atoms with Crippen molar-refractivity contribution in [2.75, 3.05) is 38.1 Å². The van der Waals surface area contributed by atoms with Gasteiger partial charge in [0.25, 0.3) is 6.10 Å². The van der Waals surface area contributed by atoms with Crippen molar-refractivity contribution in [3.63, 3.8) is 0 Å². The molecule has 0 atom stereocenters. The van der Waals surface area contributed by atoms with Gasteiger partial charge < -0.3 is 14.5 Å². The summed E-state index contributed by atoms with van der Waals surface area (Å²) in [5.41, 5.74) is 2.26. The van der Waals surface area contributed by atoms with E-state index in [4.69, 9.17) is 0 Å². The molecule has 11 heteroatoms. The predicted molar refractivity (Wildman–Crippen MR) is 87.8 cm³/mol. The number of hydrogen-bond acceptors (Lipinski definition) is 4. The molecule has 5 nitrogen and oxygen atoms in total. The van der Waals surface area contributed by atoms with Crippen LogP contribution in [0.5, 0.6) is 0 Å². The zero-order valence-electron chi connectivity index (χ0n) is 15.0. The largest absolute Gasteiger partial charge is 0.434 e. The average Bonchev–Trinajstić information content (AvgIpc) is 3.01. The van der Waals surface area contributed by atoms with Gasteiger partial charge in [0.05, 0.1) is 0 Å². The molecule has 1 amide bonds. The molecule has 1 aromatic carbocycles. The molecule has 28 heavy (non-hydrogen) atoms. The Kier molecular flexibility index (Phi) is 5.39. The Morgan fingerprint density at radius 3 is 2.11 bits per heavy atom. The number of ether oxygens (including phenoxy) is 1. The lowest BCUT2D eigenvalue weighted by Crippen LogP contribution is -2.47. The highest BCUT2D eigenvalue weighted by Crippen LogP contribution is 2.37. The predicted octanol–water partition coefficient (Wildman–Crippen LogP) is 3.38. The SMILES string of the molecule is CN1CCN(c2ccc3c(c2)CN(C(=O)OC(C(F)(F)F)C(F)(F)F)C3)CC1. The Morgan fingerprint density at radius 2 is 1.54 bits per heavy atom. The van der Waals surface area contributed by atoms with Gasteiger partial charge in [-0.05, 0) is 30.3 Å².